The monoisotopic (exact) mass is 221 g/mol. The van der Waals surface area contributed by atoms with Crippen LogP contribution in [0.1, 0.15) is 0 Å². The van der Waals surface area contributed by atoms with Crippen molar-refractivity contribution in [1.29, 1.82) is 0 Å². The van der Waals surface area contributed by atoms with E-state index in [1.165, 1.54) is 0 Å². The fraction of sp³-hybridized carbons (Fsp3) is 0.364. The van der Waals surface area contributed by atoms with Gasteiger partial charge in [-0.05, 0) is 12.1 Å². The molecular formula is C11H15N3O2. The second-order valence-corrected chi connectivity index (χ2v) is 3.35. The minimum Gasteiger partial charge on any atom is -0.497 e. The fourth-order valence-corrected chi connectivity index (χ4v) is 1.52. The van der Waals surface area contributed by atoms with E-state index in [1.807, 2.05) is 18.2 Å². The summed E-state index contributed by atoms with van der Waals surface area (Å²) in [6.07, 6.45) is 0. The molecule has 5 nitrogen and oxygen atoms in total. The molecule has 1 aromatic rings. The Bertz CT molecular complexity index is 404. The van der Waals surface area contributed by atoms with E-state index < -0.39 is 0 Å². The van der Waals surface area contributed by atoms with E-state index in [4.69, 9.17) is 9.47 Å². The van der Waals surface area contributed by atoms with Gasteiger partial charge >= 0.3 is 0 Å². The first-order chi connectivity index (χ1) is 7.83. The van der Waals surface area contributed by atoms with Gasteiger partial charge in [-0.3, -0.25) is 4.99 Å². The summed E-state index contributed by atoms with van der Waals surface area (Å²) in [5.74, 6) is 2.31. The van der Waals surface area contributed by atoms with Crippen molar-refractivity contribution in [3.05, 3.63) is 18.2 Å². The number of aliphatic imine (C=N–C) groups is 1. The number of hydrogen-bond donors (Lipinski definition) is 2. The van der Waals surface area contributed by atoms with Gasteiger partial charge in [-0.2, -0.15) is 0 Å². The van der Waals surface area contributed by atoms with Crippen molar-refractivity contribution >= 4 is 11.6 Å². The van der Waals surface area contributed by atoms with Gasteiger partial charge in [0.25, 0.3) is 0 Å². The number of rotatable bonds is 3. The highest BCUT2D eigenvalue weighted by molar-refractivity contribution is 5.96. The number of ether oxygens (including phenoxy) is 2. The van der Waals surface area contributed by atoms with E-state index in [0.29, 0.717) is 0 Å². The van der Waals surface area contributed by atoms with Crippen LogP contribution < -0.4 is 20.1 Å². The maximum atomic E-state index is 5.25. The number of nitrogens with zero attached hydrogens (tertiary/aromatic N) is 1. The summed E-state index contributed by atoms with van der Waals surface area (Å²) in [4.78, 5) is 4.26. The molecule has 0 saturated heterocycles. The Hall–Kier alpha value is -1.91. The van der Waals surface area contributed by atoms with E-state index >= 15 is 0 Å². The van der Waals surface area contributed by atoms with Crippen molar-refractivity contribution in [1.82, 2.24) is 5.32 Å². The number of anilines is 1. The standard InChI is InChI=1S/C11H15N3O2/c1-15-8-3-4-10(16-2)9(7-8)14-11-12-5-6-13-11/h3-4,7H,5-6H2,1-2H3,(H2,12,13,14). The third kappa shape index (κ3) is 2.18. The van der Waals surface area contributed by atoms with Crippen molar-refractivity contribution in [2.45, 2.75) is 0 Å². The summed E-state index contributed by atoms with van der Waals surface area (Å²) in [7, 11) is 3.27. The summed E-state index contributed by atoms with van der Waals surface area (Å²) >= 11 is 0. The van der Waals surface area contributed by atoms with E-state index in [2.05, 4.69) is 15.6 Å². The van der Waals surface area contributed by atoms with Crippen LogP contribution in [0.5, 0.6) is 11.5 Å². The Morgan fingerprint density at radius 1 is 1.31 bits per heavy atom. The zero-order chi connectivity index (χ0) is 11.4. The van der Waals surface area contributed by atoms with Crippen LogP contribution in [0, 0.1) is 0 Å². The average Bonchev–Trinajstić information content (AvgIpc) is 2.82. The van der Waals surface area contributed by atoms with Crippen molar-refractivity contribution in [2.24, 2.45) is 4.99 Å². The molecule has 5 heteroatoms. The predicted molar refractivity (Wildman–Crippen MR) is 63.5 cm³/mol. The van der Waals surface area contributed by atoms with Gasteiger partial charge in [0.2, 0.25) is 0 Å². The molecule has 0 fully saturated rings. The maximum absolute atomic E-state index is 5.25. The van der Waals surface area contributed by atoms with Gasteiger partial charge in [0.05, 0.1) is 26.5 Å². The van der Waals surface area contributed by atoms with Gasteiger partial charge in [0, 0.05) is 12.6 Å². The van der Waals surface area contributed by atoms with Gasteiger partial charge < -0.3 is 20.1 Å². The van der Waals surface area contributed by atoms with Crippen molar-refractivity contribution in [2.75, 3.05) is 32.6 Å². The number of hydrogen-bond acceptors (Lipinski definition) is 5. The van der Waals surface area contributed by atoms with Crippen LogP contribution in [-0.4, -0.2) is 33.3 Å². The van der Waals surface area contributed by atoms with Crippen molar-refractivity contribution in [3.8, 4) is 11.5 Å². The Labute approximate surface area is 94.5 Å². The third-order valence-electron chi connectivity index (χ3n) is 2.33. The van der Waals surface area contributed by atoms with E-state index in [9.17, 15) is 0 Å². The molecule has 1 aliphatic rings. The summed E-state index contributed by atoms with van der Waals surface area (Å²) in [6.45, 7) is 1.67. The van der Waals surface area contributed by atoms with Crippen LogP contribution in [0.25, 0.3) is 0 Å². The largest absolute Gasteiger partial charge is 0.497 e. The van der Waals surface area contributed by atoms with Gasteiger partial charge in [-0.25, -0.2) is 0 Å². The molecule has 0 saturated carbocycles. The minimum atomic E-state index is 0.761. The fourth-order valence-electron chi connectivity index (χ4n) is 1.52. The number of nitrogens with one attached hydrogen (secondary N) is 2. The van der Waals surface area contributed by atoms with Crippen LogP contribution in [-0.2, 0) is 0 Å². The van der Waals surface area contributed by atoms with Crippen LogP contribution >= 0.6 is 0 Å². The van der Waals surface area contributed by atoms with Gasteiger partial charge in [-0.15, -0.1) is 0 Å². The zero-order valence-corrected chi connectivity index (χ0v) is 9.41. The van der Waals surface area contributed by atoms with Gasteiger partial charge in [0.1, 0.15) is 11.5 Å². The molecule has 16 heavy (non-hydrogen) atoms. The molecule has 0 unspecified atom stereocenters. The molecule has 0 bridgehead atoms. The molecule has 0 aromatic heterocycles. The van der Waals surface area contributed by atoms with Crippen LogP contribution in [0.15, 0.2) is 23.2 Å². The molecule has 1 aliphatic heterocycles. The minimum absolute atomic E-state index is 0.761. The van der Waals surface area contributed by atoms with Gasteiger partial charge in [-0.1, -0.05) is 0 Å². The summed E-state index contributed by atoms with van der Waals surface area (Å²) in [6, 6.07) is 5.59. The maximum Gasteiger partial charge on any atom is 0.196 e. The smallest absolute Gasteiger partial charge is 0.196 e. The molecule has 0 aliphatic carbocycles. The van der Waals surface area contributed by atoms with Crippen molar-refractivity contribution in [3.63, 3.8) is 0 Å². The summed E-state index contributed by atoms with van der Waals surface area (Å²) < 4.78 is 10.4. The first-order valence-electron chi connectivity index (χ1n) is 5.11. The summed E-state index contributed by atoms with van der Waals surface area (Å²) in [5.41, 5.74) is 0.843. The lowest BCUT2D eigenvalue weighted by Crippen LogP contribution is -2.26. The number of guanidine groups is 1. The van der Waals surface area contributed by atoms with Crippen LogP contribution in [0.2, 0.25) is 0 Å². The lowest BCUT2D eigenvalue weighted by molar-refractivity contribution is 0.405. The molecule has 2 rings (SSSR count). The molecular weight excluding hydrogens is 206 g/mol. The molecule has 0 spiro atoms. The zero-order valence-electron chi connectivity index (χ0n) is 9.41. The molecule has 0 amide bonds. The summed E-state index contributed by atoms with van der Waals surface area (Å²) in [5, 5.41) is 6.31. The molecule has 1 aromatic carbocycles. The second kappa shape index (κ2) is 4.74. The van der Waals surface area contributed by atoms with Crippen LogP contribution in [0.3, 0.4) is 0 Å². The van der Waals surface area contributed by atoms with E-state index in [-0.39, 0.29) is 0 Å². The Kier molecular flexibility index (Phi) is 3.14. The molecule has 1 heterocycles. The normalized spacial score (nSPS) is 14.0. The third-order valence-corrected chi connectivity index (χ3v) is 2.33. The second-order valence-electron chi connectivity index (χ2n) is 3.35. The highest BCUT2D eigenvalue weighted by Crippen LogP contribution is 2.28. The van der Waals surface area contributed by atoms with E-state index in [0.717, 1.165) is 36.2 Å². The first-order valence-corrected chi connectivity index (χ1v) is 5.11. The number of benzene rings is 1. The molecule has 2 N–H and O–H groups in total. The quantitative estimate of drug-likeness (QED) is 0.801. The lowest BCUT2D eigenvalue weighted by atomic mass is 10.2. The van der Waals surface area contributed by atoms with E-state index in [1.54, 1.807) is 14.2 Å². The Balaban J connectivity index is 2.22. The number of methoxy groups -OCH3 is 2. The Morgan fingerprint density at radius 2 is 2.19 bits per heavy atom. The molecule has 0 radical (unpaired) electrons. The highest BCUT2D eigenvalue weighted by atomic mass is 16.5. The lowest BCUT2D eigenvalue weighted by Gasteiger charge is -2.12. The molecule has 0 atom stereocenters. The van der Waals surface area contributed by atoms with Crippen molar-refractivity contribution < 1.29 is 9.47 Å². The predicted octanol–water partition coefficient (Wildman–Crippen LogP) is 1.07. The molecule has 86 valence electrons. The van der Waals surface area contributed by atoms with Crippen LogP contribution in [0.4, 0.5) is 5.69 Å². The topological polar surface area (TPSA) is 54.9 Å². The average molecular weight is 221 g/mol. The Morgan fingerprint density at radius 3 is 2.81 bits per heavy atom. The van der Waals surface area contributed by atoms with Gasteiger partial charge in [0.15, 0.2) is 5.96 Å². The SMILES string of the molecule is COc1ccc(OC)c(NC2=NCCN2)c1. The highest BCUT2D eigenvalue weighted by Gasteiger charge is 2.09. The first kappa shape index (κ1) is 10.6.